The average Bonchev–Trinajstić information content (AvgIpc) is 2.56. The Morgan fingerprint density at radius 2 is 1.25 bits per heavy atom. The van der Waals surface area contributed by atoms with E-state index in [-0.39, 0.29) is 0 Å². The molecule has 0 heterocycles. The minimum atomic E-state index is -0.518. The molecular formula is C21H18Cl2O. The van der Waals surface area contributed by atoms with Gasteiger partial charge in [0.1, 0.15) is 0 Å². The lowest BCUT2D eigenvalue weighted by Crippen LogP contribution is -1.99. The van der Waals surface area contributed by atoms with Crippen LogP contribution in [-0.2, 0) is 0 Å². The summed E-state index contributed by atoms with van der Waals surface area (Å²) >= 11 is 12.1. The van der Waals surface area contributed by atoms with E-state index in [9.17, 15) is 5.11 Å². The number of benzene rings is 3. The number of halogens is 2. The van der Waals surface area contributed by atoms with Crippen LogP contribution in [-0.4, -0.2) is 5.11 Å². The first kappa shape index (κ1) is 17.0. The minimum absolute atomic E-state index is 0.518. The van der Waals surface area contributed by atoms with E-state index in [4.69, 9.17) is 23.2 Å². The molecule has 0 aromatic heterocycles. The summed E-state index contributed by atoms with van der Waals surface area (Å²) in [6.07, 6.45) is -0.518. The van der Waals surface area contributed by atoms with Gasteiger partial charge in [-0.05, 0) is 71.5 Å². The Hall–Kier alpha value is -1.80. The van der Waals surface area contributed by atoms with Crippen LogP contribution >= 0.6 is 23.2 Å². The largest absolute Gasteiger partial charge is 0.389 e. The lowest BCUT2D eigenvalue weighted by Gasteiger charge is -2.19. The van der Waals surface area contributed by atoms with Crippen LogP contribution in [0.1, 0.15) is 24.2 Å². The molecule has 0 radical (unpaired) electrons. The maximum absolute atomic E-state index is 10.1. The topological polar surface area (TPSA) is 20.2 Å². The number of hydrogen-bond donors (Lipinski definition) is 1. The molecule has 122 valence electrons. The average molecular weight is 357 g/mol. The molecule has 0 saturated carbocycles. The third-order valence-electron chi connectivity index (χ3n) is 4.25. The summed E-state index contributed by atoms with van der Waals surface area (Å²) in [7, 11) is 0. The van der Waals surface area contributed by atoms with Gasteiger partial charge in [-0.15, -0.1) is 0 Å². The Morgan fingerprint density at radius 1 is 0.750 bits per heavy atom. The summed E-state index contributed by atoms with van der Waals surface area (Å²) in [5.41, 5.74) is 6.37. The lowest BCUT2D eigenvalue weighted by molar-refractivity contribution is 0.198. The van der Waals surface area contributed by atoms with Crippen molar-refractivity contribution in [3.8, 4) is 22.3 Å². The Morgan fingerprint density at radius 3 is 1.75 bits per heavy atom. The van der Waals surface area contributed by atoms with Crippen LogP contribution in [0.2, 0.25) is 10.0 Å². The van der Waals surface area contributed by atoms with E-state index in [0.29, 0.717) is 10.0 Å². The van der Waals surface area contributed by atoms with Crippen LogP contribution in [0.3, 0.4) is 0 Å². The van der Waals surface area contributed by atoms with E-state index in [1.165, 1.54) is 0 Å². The Bertz CT molecular complexity index is 850. The standard InChI is InChI=1S/C21H18Cl2O/c1-13-19(14(2)24)11-12-20(15-3-7-17(22)8-4-15)21(13)16-5-9-18(23)10-6-16/h3-12,14,24H,1-2H3. The molecule has 0 bridgehead atoms. The molecular weight excluding hydrogens is 339 g/mol. The van der Waals surface area contributed by atoms with Gasteiger partial charge in [0.05, 0.1) is 6.10 Å². The SMILES string of the molecule is Cc1c(C(C)O)ccc(-c2ccc(Cl)cc2)c1-c1ccc(Cl)cc1. The third-order valence-corrected chi connectivity index (χ3v) is 4.75. The fraction of sp³-hybridized carbons (Fsp3) is 0.143. The van der Waals surface area contributed by atoms with E-state index < -0.39 is 6.10 Å². The van der Waals surface area contributed by atoms with Gasteiger partial charge in [0.2, 0.25) is 0 Å². The summed E-state index contributed by atoms with van der Waals surface area (Å²) < 4.78 is 0. The molecule has 3 aromatic rings. The van der Waals surface area contributed by atoms with Crippen molar-refractivity contribution in [2.24, 2.45) is 0 Å². The highest BCUT2D eigenvalue weighted by Crippen LogP contribution is 2.38. The summed E-state index contributed by atoms with van der Waals surface area (Å²) in [5, 5.41) is 11.5. The van der Waals surface area contributed by atoms with Crippen LogP contribution in [0.4, 0.5) is 0 Å². The number of hydrogen-bond acceptors (Lipinski definition) is 1. The van der Waals surface area contributed by atoms with Crippen molar-refractivity contribution in [3.63, 3.8) is 0 Å². The molecule has 0 saturated heterocycles. The number of aliphatic hydroxyl groups excluding tert-OH is 1. The maximum Gasteiger partial charge on any atom is 0.0764 e. The highest BCUT2D eigenvalue weighted by Gasteiger charge is 2.15. The maximum atomic E-state index is 10.1. The molecule has 1 atom stereocenters. The second-order valence-corrected chi connectivity index (χ2v) is 6.76. The predicted molar refractivity (Wildman–Crippen MR) is 103 cm³/mol. The lowest BCUT2D eigenvalue weighted by atomic mass is 9.87. The molecule has 3 heteroatoms. The molecule has 24 heavy (non-hydrogen) atoms. The Kier molecular flexibility index (Phi) is 4.96. The van der Waals surface area contributed by atoms with Gasteiger partial charge >= 0.3 is 0 Å². The fourth-order valence-electron chi connectivity index (χ4n) is 3.04. The van der Waals surface area contributed by atoms with Crippen molar-refractivity contribution >= 4 is 23.2 Å². The molecule has 0 aliphatic carbocycles. The van der Waals surface area contributed by atoms with Crippen molar-refractivity contribution < 1.29 is 5.11 Å². The van der Waals surface area contributed by atoms with Crippen LogP contribution in [0, 0.1) is 6.92 Å². The van der Waals surface area contributed by atoms with Gasteiger partial charge < -0.3 is 5.11 Å². The molecule has 3 rings (SSSR count). The van der Waals surface area contributed by atoms with Crippen LogP contribution in [0.15, 0.2) is 60.7 Å². The second-order valence-electron chi connectivity index (χ2n) is 5.89. The zero-order valence-corrected chi connectivity index (χ0v) is 15.1. The molecule has 0 amide bonds. The first-order valence-corrected chi connectivity index (χ1v) is 8.56. The monoisotopic (exact) mass is 356 g/mol. The molecule has 0 fully saturated rings. The van der Waals surface area contributed by atoms with Crippen LogP contribution in [0.25, 0.3) is 22.3 Å². The molecule has 1 nitrogen and oxygen atoms in total. The first-order valence-electron chi connectivity index (χ1n) is 7.81. The zero-order chi connectivity index (χ0) is 17.3. The van der Waals surface area contributed by atoms with Gasteiger partial charge in [-0.25, -0.2) is 0 Å². The van der Waals surface area contributed by atoms with Crippen molar-refractivity contribution in [2.45, 2.75) is 20.0 Å². The number of aliphatic hydroxyl groups is 1. The summed E-state index contributed by atoms with van der Waals surface area (Å²) in [4.78, 5) is 0. The van der Waals surface area contributed by atoms with Crippen LogP contribution < -0.4 is 0 Å². The molecule has 0 spiro atoms. The molecule has 3 aromatic carbocycles. The number of rotatable bonds is 3. The second kappa shape index (κ2) is 6.98. The van der Waals surface area contributed by atoms with Crippen molar-refractivity contribution in [3.05, 3.63) is 81.8 Å². The van der Waals surface area contributed by atoms with E-state index in [1.807, 2.05) is 61.5 Å². The predicted octanol–water partition coefficient (Wildman–Crippen LogP) is 6.69. The fourth-order valence-corrected chi connectivity index (χ4v) is 3.29. The van der Waals surface area contributed by atoms with E-state index >= 15 is 0 Å². The summed E-state index contributed by atoms with van der Waals surface area (Å²) in [5.74, 6) is 0. The zero-order valence-electron chi connectivity index (χ0n) is 13.6. The van der Waals surface area contributed by atoms with E-state index in [0.717, 1.165) is 33.4 Å². The Labute approximate surface area is 152 Å². The van der Waals surface area contributed by atoms with Crippen molar-refractivity contribution in [1.82, 2.24) is 0 Å². The van der Waals surface area contributed by atoms with Crippen molar-refractivity contribution in [1.29, 1.82) is 0 Å². The van der Waals surface area contributed by atoms with Gasteiger partial charge in [-0.1, -0.05) is 59.6 Å². The van der Waals surface area contributed by atoms with Crippen LogP contribution in [0.5, 0.6) is 0 Å². The van der Waals surface area contributed by atoms with Gasteiger partial charge in [-0.3, -0.25) is 0 Å². The van der Waals surface area contributed by atoms with Gasteiger partial charge in [0.25, 0.3) is 0 Å². The third kappa shape index (κ3) is 3.34. The minimum Gasteiger partial charge on any atom is -0.389 e. The van der Waals surface area contributed by atoms with Gasteiger partial charge in [-0.2, -0.15) is 0 Å². The van der Waals surface area contributed by atoms with E-state index in [1.54, 1.807) is 6.92 Å². The Balaban J connectivity index is 2.27. The van der Waals surface area contributed by atoms with Crippen molar-refractivity contribution in [2.75, 3.05) is 0 Å². The van der Waals surface area contributed by atoms with Gasteiger partial charge in [0.15, 0.2) is 0 Å². The normalized spacial score (nSPS) is 12.2. The highest BCUT2D eigenvalue weighted by atomic mass is 35.5. The summed E-state index contributed by atoms with van der Waals surface area (Å²) in [6.45, 7) is 3.83. The smallest absolute Gasteiger partial charge is 0.0764 e. The van der Waals surface area contributed by atoms with E-state index in [2.05, 4.69) is 6.07 Å². The van der Waals surface area contributed by atoms with Gasteiger partial charge in [0, 0.05) is 10.0 Å². The summed E-state index contributed by atoms with van der Waals surface area (Å²) in [6, 6.07) is 19.6. The molecule has 1 N–H and O–H groups in total. The quantitative estimate of drug-likeness (QED) is 0.554. The molecule has 0 aliphatic heterocycles. The first-order chi connectivity index (χ1) is 11.5. The molecule has 1 unspecified atom stereocenters. The molecule has 0 aliphatic rings. The highest BCUT2D eigenvalue weighted by molar-refractivity contribution is 6.31.